The van der Waals surface area contributed by atoms with Crippen LogP contribution in [0.1, 0.15) is 49.7 Å². The Labute approximate surface area is 138 Å². The Morgan fingerprint density at radius 1 is 1.26 bits per heavy atom. The second-order valence-corrected chi connectivity index (χ2v) is 7.06. The van der Waals surface area contributed by atoms with Gasteiger partial charge in [-0.25, -0.2) is 0 Å². The van der Waals surface area contributed by atoms with E-state index in [1.807, 2.05) is 0 Å². The third-order valence-electron chi connectivity index (χ3n) is 5.32. The van der Waals surface area contributed by atoms with Gasteiger partial charge in [0.25, 0.3) is 0 Å². The first kappa shape index (κ1) is 16.9. The number of hydrogen-bond acceptors (Lipinski definition) is 6. The largest absolute Gasteiger partial charge is 0.396 e. The van der Waals surface area contributed by atoms with Gasteiger partial charge >= 0.3 is 0 Å². The van der Waals surface area contributed by atoms with Gasteiger partial charge in [0.2, 0.25) is 5.89 Å². The van der Waals surface area contributed by atoms with Gasteiger partial charge in [0, 0.05) is 45.7 Å². The van der Waals surface area contributed by atoms with E-state index < -0.39 is 0 Å². The molecule has 2 atom stereocenters. The number of hydrogen-bond donors (Lipinski definition) is 1. The van der Waals surface area contributed by atoms with E-state index in [9.17, 15) is 5.11 Å². The van der Waals surface area contributed by atoms with Crippen molar-refractivity contribution in [3.63, 3.8) is 0 Å². The lowest BCUT2D eigenvalue weighted by molar-refractivity contribution is 0.195. The molecule has 0 spiro atoms. The summed E-state index contributed by atoms with van der Waals surface area (Å²) in [6, 6.07) is 0. The summed E-state index contributed by atoms with van der Waals surface area (Å²) in [6.45, 7) is 3.79. The van der Waals surface area contributed by atoms with Crippen molar-refractivity contribution in [2.75, 3.05) is 40.0 Å². The molecule has 1 N–H and O–H groups in total. The number of methoxy groups -OCH3 is 1. The number of aliphatic hydroxyl groups excluding tert-OH is 1. The van der Waals surface area contributed by atoms with Gasteiger partial charge in [-0.05, 0) is 18.8 Å². The molecular weight excluding hydrogens is 294 g/mol. The fourth-order valence-electron chi connectivity index (χ4n) is 4.02. The molecule has 1 aromatic rings. The lowest BCUT2D eigenvalue weighted by Crippen LogP contribution is -2.29. The maximum absolute atomic E-state index is 9.73. The maximum Gasteiger partial charge on any atom is 0.231 e. The van der Waals surface area contributed by atoms with Crippen LogP contribution in [-0.4, -0.2) is 60.1 Å². The summed E-state index contributed by atoms with van der Waals surface area (Å²) in [4.78, 5) is 7.00. The third-order valence-corrected chi connectivity index (χ3v) is 5.32. The van der Waals surface area contributed by atoms with Crippen LogP contribution in [0.2, 0.25) is 0 Å². The second-order valence-electron chi connectivity index (χ2n) is 7.06. The number of aromatic nitrogens is 2. The lowest BCUT2D eigenvalue weighted by atomic mass is 9.89. The van der Waals surface area contributed by atoms with E-state index >= 15 is 0 Å². The molecular formula is C17H29N3O3. The molecule has 3 rings (SSSR count). The van der Waals surface area contributed by atoms with Gasteiger partial charge < -0.3 is 19.3 Å². The molecule has 1 aliphatic heterocycles. The van der Waals surface area contributed by atoms with E-state index in [0.29, 0.717) is 24.7 Å². The molecule has 1 saturated heterocycles. The topological polar surface area (TPSA) is 71.6 Å². The summed E-state index contributed by atoms with van der Waals surface area (Å²) < 4.78 is 10.5. The Kier molecular flexibility index (Phi) is 6.02. The zero-order chi connectivity index (χ0) is 16.1. The first-order valence-corrected chi connectivity index (χ1v) is 8.94. The minimum absolute atomic E-state index is 0.160. The van der Waals surface area contributed by atoms with Crippen molar-refractivity contribution in [1.29, 1.82) is 0 Å². The van der Waals surface area contributed by atoms with Crippen LogP contribution in [0.25, 0.3) is 0 Å². The molecule has 0 bridgehead atoms. The first-order chi connectivity index (χ1) is 11.3. The monoisotopic (exact) mass is 323 g/mol. The van der Waals surface area contributed by atoms with Gasteiger partial charge in [-0.3, -0.25) is 0 Å². The van der Waals surface area contributed by atoms with Crippen LogP contribution in [-0.2, 0) is 11.2 Å². The molecule has 23 heavy (non-hydrogen) atoms. The molecule has 0 amide bonds. The van der Waals surface area contributed by atoms with Crippen molar-refractivity contribution in [2.45, 2.75) is 44.4 Å². The highest BCUT2D eigenvalue weighted by Gasteiger charge is 2.37. The summed E-state index contributed by atoms with van der Waals surface area (Å²) in [5.74, 6) is 2.56. The van der Waals surface area contributed by atoms with E-state index in [0.717, 1.165) is 25.6 Å². The minimum atomic E-state index is 0.160. The summed E-state index contributed by atoms with van der Waals surface area (Å²) >= 11 is 0. The van der Waals surface area contributed by atoms with Crippen LogP contribution in [0.15, 0.2) is 4.52 Å². The molecule has 130 valence electrons. The minimum Gasteiger partial charge on any atom is -0.396 e. The normalized spacial score (nSPS) is 26.9. The predicted octanol–water partition coefficient (Wildman–Crippen LogP) is 1.85. The molecule has 0 radical (unpaired) electrons. The van der Waals surface area contributed by atoms with E-state index in [1.54, 1.807) is 7.11 Å². The highest BCUT2D eigenvalue weighted by atomic mass is 16.5. The van der Waals surface area contributed by atoms with Crippen molar-refractivity contribution in [3.8, 4) is 0 Å². The van der Waals surface area contributed by atoms with Gasteiger partial charge in [-0.2, -0.15) is 4.98 Å². The smallest absolute Gasteiger partial charge is 0.231 e. The van der Waals surface area contributed by atoms with Gasteiger partial charge in [-0.1, -0.05) is 24.4 Å². The molecule has 2 aliphatic rings. The fraction of sp³-hybridized carbons (Fsp3) is 0.882. The van der Waals surface area contributed by atoms with Gasteiger partial charge in [0.05, 0.1) is 12.5 Å². The van der Waals surface area contributed by atoms with Crippen molar-refractivity contribution in [3.05, 3.63) is 11.7 Å². The standard InChI is InChI=1S/C17H29N3O3/c1-22-8-7-16-18-17(23-19-16)15-11-20(10-14(15)12-21)9-13-5-3-2-4-6-13/h13-15,21H,2-12H2,1H3/t14-,15+/m0/s1. The average Bonchev–Trinajstić information content (AvgIpc) is 3.20. The Hall–Kier alpha value is -0.980. The lowest BCUT2D eigenvalue weighted by Gasteiger charge is -2.26. The number of nitrogens with zero attached hydrogens (tertiary/aromatic N) is 3. The van der Waals surface area contributed by atoms with Gasteiger partial charge in [0.1, 0.15) is 0 Å². The van der Waals surface area contributed by atoms with Crippen LogP contribution in [0.3, 0.4) is 0 Å². The Bertz CT molecular complexity index is 473. The van der Waals surface area contributed by atoms with Crippen molar-refractivity contribution < 1.29 is 14.4 Å². The highest BCUT2D eigenvalue weighted by Crippen LogP contribution is 2.33. The maximum atomic E-state index is 9.73. The quantitative estimate of drug-likeness (QED) is 0.825. The number of likely N-dealkylation sites (tertiary alicyclic amines) is 1. The molecule has 2 heterocycles. The van der Waals surface area contributed by atoms with Crippen molar-refractivity contribution >= 4 is 0 Å². The predicted molar refractivity (Wildman–Crippen MR) is 86.2 cm³/mol. The Morgan fingerprint density at radius 2 is 2.09 bits per heavy atom. The Morgan fingerprint density at radius 3 is 2.83 bits per heavy atom. The van der Waals surface area contributed by atoms with Crippen LogP contribution in [0.5, 0.6) is 0 Å². The summed E-state index contributed by atoms with van der Waals surface area (Å²) in [7, 11) is 1.67. The molecule has 6 nitrogen and oxygen atoms in total. The summed E-state index contributed by atoms with van der Waals surface area (Å²) in [5, 5.41) is 13.8. The van der Waals surface area contributed by atoms with E-state index in [4.69, 9.17) is 9.26 Å². The number of aliphatic hydroxyl groups is 1. The highest BCUT2D eigenvalue weighted by molar-refractivity contribution is 5.03. The molecule has 1 aliphatic carbocycles. The van der Waals surface area contributed by atoms with Crippen LogP contribution < -0.4 is 0 Å². The average molecular weight is 323 g/mol. The summed E-state index contributed by atoms with van der Waals surface area (Å²) in [6.07, 6.45) is 7.52. The van der Waals surface area contributed by atoms with E-state index in [-0.39, 0.29) is 18.4 Å². The van der Waals surface area contributed by atoms with Gasteiger partial charge in [-0.15, -0.1) is 0 Å². The van der Waals surface area contributed by atoms with E-state index in [1.165, 1.54) is 32.1 Å². The SMILES string of the molecule is COCCc1noc([C@@H]2CN(CC3CCCCC3)C[C@H]2CO)n1. The van der Waals surface area contributed by atoms with Crippen molar-refractivity contribution in [1.82, 2.24) is 15.0 Å². The molecule has 0 unspecified atom stereocenters. The number of rotatable bonds is 7. The number of ether oxygens (including phenoxy) is 1. The third kappa shape index (κ3) is 4.31. The summed E-state index contributed by atoms with van der Waals surface area (Å²) in [5.41, 5.74) is 0. The van der Waals surface area contributed by atoms with Crippen LogP contribution >= 0.6 is 0 Å². The second kappa shape index (κ2) is 8.22. The first-order valence-electron chi connectivity index (χ1n) is 8.94. The molecule has 1 saturated carbocycles. The molecule has 0 aromatic carbocycles. The zero-order valence-corrected chi connectivity index (χ0v) is 14.1. The Balaban J connectivity index is 1.58. The molecule has 1 aromatic heterocycles. The van der Waals surface area contributed by atoms with Gasteiger partial charge in [0.15, 0.2) is 5.82 Å². The van der Waals surface area contributed by atoms with E-state index in [2.05, 4.69) is 15.0 Å². The van der Waals surface area contributed by atoms with Crippen LogP contribution in [0, 0.1) is 11.8 Å². The zero-order valence-electron chi connectivity index (χ0n) is 14.1. The molecule has 2 fully saturated rings. The van der Waals surface area contributed by atoms with Crippen LogP contribution in [0.4, 0.5) is 0 Å². The molecule has 6 heteroatoms. The van der Waals surface area contributed by atoms with Crippen molar-refractivity contribution in [2.24, 2.45) is 11.8 Å². The fourth-order valence-corrected chi connectivity index (χ4v) is 4.02.